The van der Waals surface area contributed by atoms with Crippen LogP contribution in [0.4, 0.5) is 0 Å². The molecule has 0 fully saturated rings. The third kappa shape index (κ3) is 1.53. The lowest BCUT2D eigenvalue weighted by Crippen LogP contribution is -2.34. The van der Waals surface area contributed by atoms with Crippen LogP contribution in [-0.2, 0) is 6.54 Å². The lowest BCUT2D eigenvalue weighted by molar-refractivity contribution is -0.752. The van der Waals surface area contributed by atoms with Gasteiger partial charge in [-0.1, -0.05) is 5.21 Å². The molecule has 1 N–H and O–H groups in total. The van der Waals surface area contributed by atoms with Gasteiger partial charge in [0.1, 0.15) is 6.54 Å². The highest BCUT2D eigenvalue weighted by Crippen LogP contribution is 1.71. The summed E-state index contributed by atoms with van der Waals surface area (Å²) in [5.41, 5.74) is 0. The van der Waals surface area contributed by atoms with Crippen molar-refractivity contribution in [3.8, 4) is 6.07 Å². The highest BCUT2D eigenvalue weighted by atomic mass is 15.4. The van der Waals surface area contributed by atoms with Crippen molar-refractivity contribution in [2.45, 2.75) is 13.0 Å². The van der Waals surface area contributed by atoms with Crippen LogP contribution >= 0.6 is 0 Å². The Morgan fingerprint density at radius 2 is 2.67 bits per heavy atom. The van der Waals surface area contributed by atoms with E-state index in [4.69, 9.17) is 5.26 Å². The first-order valence-electron chi connectivity index (χ1n) is 2.69. The molecule has 4 nitrogen and oxygen atoms in total. The first-order valence-corrected chi connectivity index (χ1v) is 2.69. The summed E-state index contributed by atoms with van der Waals surface area (Å²) in [6, 6.07) is 2.04. The fraction of sp³-hybridized carbons (Fsp3) is 0.400. The number of H-pyrrole nitrogens is 1. The molecule has 46 valence electrons. The standard InChI is InChI=1S/C5H6N4/c6-2-1-4-9-5-3-7-8-9/h3,5H,1,4H2/p+1. The van der Waals surface area contributed by atoms with Crippen LogP contribution in [0, 0.1) is 11.3 Å². The monoisotopic (exact) mass is 123 g/mol. The van der Waals surface area contributed by atoms with Gasteiger partial charge in [0, 0.05) is 5.10 Å². The number of aryl methyl sites for hydroxylation is 1. The lowest BCUT2D eigenvalue weighted by Gasteiger charge is -1.83. The zero-order valence-electron chi connectivity index (χ0n) is 4.91. The summed E-state index contributed by atoms with van der Waals surface area (Å²) in [5.74, 6) is 0. The molecule has 1 rings (SSSR count). The number of hydrogen-bond acceptors (Lipinski definition) is 2. The molecule has 0 bridgehead atoms. The van der Waals surface area contributed by atoms with Crippen LogP contribution < -0.4 is 4.68 Å². The SMILES string of the molecule is N#CCC[n+]1ccn[nH]1. The minimum atomic E-state index is 0.521. The molecule has 1 aromatic heterocycles. The molecule has 0 aliphatic heterocycles. The number of aromatic nitrogens is 3. The Morgan fingerprint density at radius 3 is 3.22 bits per heavy atom. The van der Waals surface area contributed by atoms with E-state index in [1.165, 1.54) is 0 Å². The second-order valence-corrected chi connectivity index (χ2v) is 1.63. The van der Waals surface area contributed by atoms with E-state index < -0.39 is 0 Å². The fourth-order valence-corrected chi connectivity index (χ4v) is 0.550. The van der Waals surface area contributed by atoms with Gasteiger partial charge >= 0.3 is 0 Å². The van der Waals surface area contributed by atoms with E-state index in [9.17, 15) is 0 Å². The summed E-state index contributed by atoms with van der Waals surface area (Å²) in [6.07, 6.45) is 3.96. The molecule has 0 aliphatic rings. The maximum Gasteiger partial charge on any atom is 0.206 e. The number of nitriles is 1. The van der Waals surface area contributed by atoms with Crippen molar-refractivity contribution in [3.05, 3.63) is 12.4 Å². The third-order valence-corrected chi connectivity index (χ3v) is 0.972. The molecule has 0 aromatic carbocycles. The van der Waals surface area contributed by atoms with Crippen LogP contribution in [0.15, 0.2) is 12.4 Å². The van der Waals surface area contributed by atoms with Gasteiger partial charge in [0.05, 0.1) is 12.5 Å². The van der Waals surface area contributed by atoms with Gasteiger partial charge in [-0.15, -0.1) is 0 Å². The molecule has 1 heterocycles. The van der Waals surface area contributed by atoms with Gasteiger partial charge in [-0.05, 0) is 0 Å². The first-order chi connectivity index (χ1) is 4.43. The number of aromatic amines is 1. The van der Waals surface area contributed by atoms with E-state index in [0.29, 0.717) is 13.0 Å². The molecular formula is C5H7N4+. The van der Waals surface area contributed by atoms with Crippen molar-refractivity contribution in [1.82, 2.24) is 10.3 Å². The van der Waals surface area contributed by atoms with Gasteiger partial charge in [0.25, 0.3) is 0 Å². The Morgan fingerprint density at radius 1 is 1.78 bits per heavy atom. The molecular weight excluding hydrogens is 116 g/mol. The maximum atomic E-state index is 8.17. The minimum absolute atomic E-state index is 0.521. The molecule has 4 heteroatoms. The minimum Gasteiger partial charge on any atom is -0.198 e. The van der Waals surface area contributed by atoms with Crippen molar-refractivity contribution in [1.29, 1.82) is 5.26 Å². The zero-order valence-corrected chi connectivity index (χ0v) is 4.91. The number of hydrogen-bond donors (Lipinski definition) is 1. The first kappa shape index (κ1) is 5.76. The van der Waals surface area contributed by atoms with E-state index in [2.05, 4.69) is 10.3 Å². The molecule has 0 aliphatic carbocycles. The summed E-state index contributed by atoms with van der Waals surface area (Å²) < 4.78 is 1.75. The Kier molecular flexibility index (Phi) is 1.81. The second-order valence-electron chi connectivity index (χ2n) is 1.63. The smallest absolute Gasteiger partial charge is 0.198 e. The Balaban J connectivity index is 2.41. The highest BCUT2D eigenvalue weighted by Gasteiger charge is 1.94. The molecule has 0 saturated heterocycles. The van der Waals surface area contributed by atoms with Crippen LogP contribution in [0.2, 0.25) is 0 Å². The van der Waals surface area contributed by atoms with Gasteiger partial charge < -0.3 is 0 Å². The predicted octanol–water partition coefficient (Wildman–Crippen LogP) is -0.389. The molecule has 1 aromatic rings. The molecule has 0 saturated carbocycles. The average molecular weight is 123 g/mol. The fourth-order valence-electron chi connectivity index (χ4n) is 0.550. The lowest BCUT2D eigenvalue weighted by atomic mass is 10.5. The third-order valence-electron chi connectivity index (χ3n) is 0.972. The van der Waals surface area contributed by atoms with Gasteiger partial charge in [-0.3, -0.25) is 0 Å². The molecule has 0 atom stereocenters. The molecule has 0 spiro atoms. The molecule has 9 heavy (non-hydrogen) atoms. The van der Waals surface area contributed by atoms with E-state index >= 15 is 0 Å². The summed E-state index contributed by atoms with van der Waals surface area (Å²) >= 11 is 0. The zero-order chi connectivity index (χ0) is 6.53. The van der Waals surface area contributed by atoms with E-state index in [1.54, 1.807) is 17.1 Å². The quantitative estimate of drug-likeness (QED) is 0.544. The van der Waals surface area contributed by atoms with Crippen LogP contribution in [0.5, 0.6) is 0 Å². The molecule has 0 amide bonds. The van der Waals surface area contributed by atoms with Crippen LogP contribution in [0.3, 0.4) is 0 Å². The molecule has 0 unspecified atom stereocenters. The number of rotatable bonds is 2. The second kappa shape index (κ2) is 2.82. The summed E-state index contributed by atoms with van der Waals surface area (Å²) in [4.78, 5) is 0. The predicted molar refractivity (Wildman–Crippen MR) is 29.0 cm³/mol. The maximum absolute atomic E-state index is 8.17. The number of nitrogens with one attached hydrogen (secondary N) is 1. The van der Waals surface area contributed by atoms with Crippen molar-refractivity contribution in [2.24, 2.45) is 0 Å². The van der Waals surface area contributed by atoms with Crippen LogP contribution in [0.1, 0.15) is 6.42 Å². The van der Waals surface area contributed by atoms with E-state index in [0.717, 1.165) is 0 Å². The number of nitrogens with zero attached hydrogens (tertiary/aromatic N) is 3. The van der Waals surface area contributed by atoms with Crippen LogP contribution in [-0.4, -0.2) is 10.3 Å². The van der Waals surface area contributed by atoms with Crippen molar-refractivity contribution >= 4 is 0 Å². The van der Waals surface area contributed by atoms with Crippen molar-refractivity contribution in [3.63, 3.8) is 0 Å². The highest BCUT2D eigenvalue weighted by molar-refractivity contribution is 4.64. The van der Waals surface area contributed by atoms with Gasteiger partial charge in [0.2, 0.25) is 6.20 Å². The van der Waals surface area contributed by atoms with Gasteiger partial charge in [-0.25, -0.2) is 0 Å². The summed E-state index contributed by atoms with van der Waals surface area (Å²) in [7, 11) is 0. The van der Waals surface area contributed by atoms with E-state index in [-0.39, 0.29) is 0 Å². The largest absolute Gasteiger partial charge is 0.206 e. The Labute approximate surface area is 52.7 Å². The summed E-state index contributed by atoms with van der Waals surface area (Å²) in [5, 5.41) is 14.6. The van der Waals surface area contributed by atoms with Gasteiger partial charge in [0.15, 0.2) is 6.20 Å². The van der Waals surface area contributed by atoms with E-state index in [1.807, 2.05) is 6.07 Å². The normalized spacial score (nSPS) is 8.78. The van der Waals surface area contributed by atoms with Crippen molar-refractivity contribution < 1.29 is 4.68 Å². The van der Waals surface area contributed by atoms with Gasteiger partial charge in [-0.2, -0.15) is 9.94 Å². The van der Waals surface area contributed by atoms with Crippen molar-refractivity contribution in [2.75, 3.05) is 0 Å². The molecule has 0 radical (unpaired) electrons. The Hall–Kier alpha value is -1.37. The Bertz CT molecular complexity index is 195. The van der Waals surface area contributed by atoms with Crippen LogP contribution in [0.25, 0.3) is 0 Å². The topological polar surface area (TPSA) is 56.4 Å². The average Bonchev–Trinajstić information content (AvgIpc) is 2.34. The summed E-state index contributed by atoms with van der Waals surface area (Å²) in [6.45, 7) is 0.691.